The molecular formula is C14H13F2N3O. The number of carbonyl (C=O) groups excluding carboxylic acids is 1. The van der Waals surface area contributed by atoms with E-state index in [-0.39, 0.29) is 12.3 Å². The first-order valence-corrected chi connectivity index (χ1v) is 5.97. The Hall–Kier alpha value is -2.34. The molecule has 0 aliphatic rings. The fraction of sp³-hybridized carbons (Fsp3) is 0.143. The Morgan fingerprint density at radius 2 is 1.90 bits per heavy atom. The molecule has 3 N–H and O–H groups in total. The van der Waals surface area contributed by atoms with Gasteiger partial charge in [-0.1, -0.05) is 12.1 Å². The summed E-state index contributed by atoms with van der Waals surface area (Å²) in [5, 5.41) is 2.57. The zero-order valence-electron chi connectivity index (χ0n) is 10.6. The lowest BCUT2D eigenvalue weighted by atomic mass is 10.1. The van der Waals surface area contributed by atoms with Gasteiger partial charge >= 0.3 is 0 Å². The molecule has 0 radical (unpaired) electrons. The van der Waals surface area contributed by atoms with Crippen LogP contribution in [-0.4, -0.2) is 10.9 Å². The molecule has 2 rings (SSSR count). The number of amides is 1. The van der Waals surface area contributed by atoms with Crippen molar-refractivity contribution in [3.05, 3.63) is 59.3 Å². The monoisotopic (exact) mass is 277 g/mol. The van der Waals surface area contributed by atoms with Gasteiger partial charge in [-0.05, 0) is 29.3 Å². The number of anilines is 1. The largest absolute Gasteiger partial charge is 0.326 e. The second kappa shape index (κ2) is 6.21. The number of rotatable bonds is 4. The predicted octanol–water partition coefficient (Wildman–Crippen LogP) is 2.00. The van der Waals surface area contributed by atoms with Gasteiger partial charge in [-0.3, -0.25) is 4.79 Å². The lowest BCUT2D eigenvalue weighted by Gasteiger charge is -2.05. The van der Waals surface area contributed by atoms with E-state index in [1.54, 1.807) is 18.3 Å². The molecule has 4 nitrogen and oxygen atoms in total. The van der Waals surface area contributed by atoms with Gasteiger partial charge in [-0.2, -0.15) is 0 Å². The molecule has 2 aromatic rings. The molecule has 1 aromatic heterocycles. The fourth-order valence-electron chi connectivity index (χ4n) is 1.64. The molecule has 0 aliphatic carbocycles. The standard InChI is InChI=1S/C14H13F2N3O/c15-11-3-1-9(5-12(11)16)6-14(20)19-13-4-2-10(7-17)8-18-13/h1-5,8H,6-7,17H2,(H,18,19,20). The van der Waals surface area contributed by atoms with Crippen LogP contribution < -0.4 is 11.1 Å². The molecule has 0 fully saturated rings. The molecule has 1 aromatic carbocycles. The third-order valence-corrected chi connectivity index (χ3v) is 2.68. The van der Waals surface area contributed by atoms with Crippen LogP contribution in [0.3, 0.4) is 0 Å². The lowest BCUT2D eigenvalue weighted by molar-refractivity contribution is -0.115. The van der Waals surface area contributed by atoms with E-state index in [9.17, 15) is 13.6 Å². The Bertz CT molecular complexity index is 614. The van der Waals surface area contributed by atoms with Crippen molar-refractivity contribution in [2.45, 2.75) is 13.0 Å². The van der Waals surface area contributed by atoms with Gasteiger partial charge in [-0.15, -0.1) is 0 Å². The molecule has 6 heteroatoms. The van der Waals surface area contributed by atoms with E-state index < -0.39 is 11.6 Å². The summed E-state index contributed by atoms with van der Waals surface area (Å²) in [4.78, 5) is 15.8. The fourth-order valence-corrected chi connectivity index (χ4v) is 1.64. The van der Waals surface area contributed by atoms with E-state index in [2.05, 4.69) is 10.3 Å². The molecule has 0 unspecified atom stereocenters. The van der Waals surface area contributed by atoms with Gasteiger partial charge in [0.05, 0.1) is 6.42 Å². The third kappa shape index (κ3) is 3.58. The molecule has 0 saturated carbocycles. The van der Waals surface area contributed by atoms with Gasteiger partial charge < -0.3 is 11.1 Å². The van der Waals surface area contributed by atoms with Gasteiger partial charge in [0.25, 0.3) is 0 Å². The summed E-state index contributed by atoms with van der Waals surface area (Å²) < 4.78 is 25.8. The van der Waals surface area contributed by atoms with Crippen LogP contribution in [-0.2, 0) is 17.8 Å². The number of aromatic nitrogens is 1. The minimum atomic E-state index is -0.972. The van der Waals surface area contributed by atoms with E-state index in [1.165, 1.54) is 6.07 Å². The predicted molar refractivity (Wildman–Crippen MR) is 70.8 cm³/mol. The number of hydrogen-bond donors (Lipinski definition) is 2. The van der Waals surface area contributed by atoms with Crippen molar-refractivity contribution < 1.29 is 13.6 Å². The van der Waals surface area contributed by atoms with Crippen molar-refractivity contribution >= 4 is 11.7 Å². The molecule has 0 spiro atoms. The van der Waals surface area contributed by atoms with Crippen LogP contribution in [0, 0.1) is 11.6 Å². The van der Waals surface area contributed by atoms with Crippen LogP contribution in [0.15, 0.2) is 36.5 Å². The molecule has 1 heterocycles. The SMILES string of the molecule is NCc1ccc(NC(=O)Cc2ccc(F)c(F)c2)nc1. The summed E-state index contributed by atoms with van der Waals surface area (Å²) >= 11 is 0. The van der Waals surface area contributed by atoms with Crippen molar-refractivity contribution in [2.24, 2.45) is 5.73 Å². The van der Waals surface area contributed by atoms with E-state index in [4.69, 9.17) is 5.73 Å². The second-order valence-electron chi connectivity index (χ2n) is 4.23. The average molecular weight is 277 g/mol. The van der Waals surface area contributed by atoms with Gasteiger partial charge in [0.1, 0.15) is 5.82 Å². The summed E-state index contributed by atoms with van der Waals surface area (Å²) in [5.74, 6) is -1.88. The van der Waals surface area contributed by atoms with Crippen LogP contribution >= 0.6 is 0 Å². The number of benzene rings is 1. The van der Waals surface area contributed by atoms with E-state index in [0.717, 1.165) is 17.7 Å². The van der Waals surface area contributed by atoms with Crippen molar-refractivity contribution in [3.8, 4) is 0 Å². The Morgan fingerprint density at radius 1 is 1.15 bits per heavy atom. The molecule has 104 valence electrons. The molecule has 0 atom stereocenters. The molecule has 0 aliphatic heterocycles. The van der Waals surface area contributed by atoms with E-state index in [0.29, 0.717) is 17.9 Å². The number of nitrogens with zero attached hydrogens (tertiary/aromatic N) is 1. The van der Waals surface area contributed by atoms with Crippen LogP contribution in [0.25, 0.3) is 0 Å². The number of pyridine rings is 1. The van der Waals surface area contributed by atoms with Gasteiger partial charge in [0.2, 0.25) is 5.91 Å². The quantitative estimate of drug-likeness (QED) is 0.898. The lowest BCUT2D eigenvalue weighted by Crippen LogP contribution is -2.15. The van der Waals surface area contributed by atoms with Gasteiger partial charge in [0.15, 0.2) is 11.6 Å². The number of halogens is 2. The summed E-state index contributed by atoms with van der Waals surface area (Å²) in [5.41, 5.74) is 6.68. The van der Waals surface area contributed by atoms with Crippen LogP contribution in [0.1, 0.15) is 11.1 Å². The molecule has 0 saturated heterocycles. The summed E-state index contributed by atoms with van der Waals surface area (Å²) in [6.45, 7) is 0.371. The molecule has 1 amide bonds. The number of hydrogen-bond acceptors (Lipinski definition) is 3. The Kier molecular flexibility index (Phi) is 4.37. The maximum atomic E-state index is 13.0. The van der Waals surface area contributed by atoms with Crippen molar-refractivity contribution in [2.75, 3.05) is 5.32 Å². The Morgan fingerprint density at radius 3 is 2.50 bits per heavy atom. The maximum Gasteiger partial charge on any atom is 0.229 e. The van der Waals surface area contributed by atoms with Crippen molar-refractivity contribution in [1.82, 2.24) is 4.98 Å². The summed E-state index contributed by atoms with van der Waals surface area (Å²) in [6, 6.07) is 6.74. The van der Waals surface area contributed by atoms with Crippen molar-refractivity contribution in [3.63, 3.8) is 0 Å². The van der Waals surface area contributed by atoms with Crippen LogP contribution in [0.5, 0.6) is 0 Å². The maximum absolute atomic E-state index is 13.0. The molecule has 0 bridgehead atoms. The number of nitrogens with two attached hydrogens (primary N) is 1. The van der Waals surface area contributed by atoms with Crippen molar-refractivity contribution in [1.29, 1.82) is 0 Å². The van der Waals surface area contributed by atoms with Crippen LogP contribution in [0.2, 0.25) is 0 Å². The number of nitrogens with one attached hydrogen (secondary N) is 1. The highest BCUT2D eigenvalue weighted by atomic mass is 19.2. The Balaban J connectivity index is 1.99. The zero-order chi connectivity index (χ0) is 14.5. The summed E-state index contributed by atoms with van der Waals surface area (Å²) in [7, 11) is 0. The summed E-state index contributed by atoms with van der Waals surface area (Å²) in [6.07, 6.45) is 1.50. The topological polar surface area (TPSA) is 68.0 Å². The smallest absolute Gasteiger partial charge is 0.229 e. The first-order valence-electron chi connectivity index (χ1n) is 5.97. The highest BCUT2D eigenvalue weighted by Crippen LogP contribution is 2.10. The minimum absolute atomic E-state index is 0.0580. The average Bonchev–Trinajstić information content (AvgIpc) is 2.44. The van der Waals surface area contributed by atoms with E-state index in [1.807, 2.05) is 0 Å². The zero-order valence-corrected chi connectivity index (χ0v) is 10.6. The highest BCUT2D eigenvalue weighted by Gasteiger charge is 2.08. The third-order valence-electron chi connectivity index (χ3n) is 2.68. The Labute approximate surface area is 114 Å². The first kappa shape index (κ1) is 14.1. The molecule has 20 heavy (non-hydrogen) atoms. The van der Waals surface area contributed by atoms with Gasteiger partial charge in [-0.25, -0.2) is 13.8 Å². The van der Waals surface area contributed by atoms with E-state index >= 15 is 0 Å². The highest BCUT2D eigenvalue weighted by molar-refractivity contribution is 5.91. The number of carbonyl (C=O) groups is 1. The normalized spacial score (nSPS) is 10.3. The van der Waals surface area contributed by atoms with Gasteiger partial charge in [0, 0.05) is 12.7 Å². The molecular weight excluding hydrogens is 264 g/mol. The van der Waals surface area contributed by atoms with Crippen LogP contribution in [0.4, 0.5) is 14.6 Å². The minimum Gasteiger partial charge on any atom is -0.326 e. The first-order chi connectivity index (χ1) is 9.58. The second-order valence-corrected chi connectivity index (χ2v) is 4.23.